The van der Waals surface area contributed by atoms with Crippen molar-refractivity contribution in [3.8, 4) is 0 Å². The molecule has 98 valence electrons. The molecule has 3 rings (SSSR count). The molecule has 2 aliphatic rings. The molecule has 0 aromatic heterocycles. The molecule has 2 unspecified atom stereocenters. The Hall–Kier alpha value is -0.820. The highest BCUT2D eigenvalue weighted by Crippen LogP contribution is 2.48. The minimum Gasteiger partial charge on any atom is -0.288 e. The monoisotopic (exact) mass is 243 g/mol. The summed E-state index contributed by atoms with van der Waals surface area (Å²) in [7, 11) is 0. The summed E-state index contributed by atoms with van der Waals surface area (Å²) in [5.41, 5.74) is 1.90. The van der Waals surface area contributed by atoms with E-state index >= 15 is 0 Å². The van der Waals surface area contributed by atoms with Crippen LogP contribution in [0.4, 0.5) is 0 Å². The maximum atomic E-state index is 2.81. The summed E-state index contributed by atoms with van der Waals surface area (Å²) < 4.78 is 0. The maximum Gasteiger partial charge on any atom is 0.0466 e. The van der Waals surface area contributed by atoms with Crippen molar-refractivity contribution in [3.63, 3.8) is 0 Å². The molecule has 1 nitrogen and oxygen atoms in total. The summed E-state index contributed by atoms with van der Waals surface area (Å²) in [4.78, 5) is 2.81. The van der Waals surface area contributed by atoms with Crippen LogP contribution in [0.15, 0.2) is 30.3 Å². The van der Waals surface area contributed by atoms with Crippen molar-refractivity contribution in [2.24, 2.45) is 0 Å². The lowest BCUT2D eigenvalue weighted by molar-refractivity contribution is -0.0887. The maximum absolute atomic E-state index is 2.81. The van der Waals surface area contributed by atoms with Gasteiger partial charge in [-0.2, -0.15) is 0 Å². The highest BCUT2D eigenvalue weighted by molar-refractivity contribution is 5.27. The number of nitrogens with zero attached hydrogens (tertiary/aromatic N) is 1. The topological polar surface area (TPSA) is 3.24 Å². The van der Waals surface area contributed by atoms with Crippen LogP contribution in [0.1, 0.15) is 57.9 Å². The molecular weight excluding hydrogens is 218 g/mol. The zero-order valence-electron chi connectivity index (χ0n) is 11.7. The molecule has 0 N–H and O–H groups in total. The van der Waals surface area contributed by atoms with Crippen molar-refractivity contribution in [2.45, 2.75) is 70.0 Å². The molecule has 1 saturated carbocycles. The first-order valence-corrected chi connectivity index (χ1v) is 7.58. The Labute approximate surface area is 111 Å². The fourth-order valence-electron chi connectivity index (χ4n) is 4.44. The molecule has 1 aliphatic heterocycles. The second-order valence-corrected chi connectivity index (χ2v) is 6.30. The second-order valence-electron chi connectivity index (χ2n) is 6.30. The van der Waals surface area contributed by atoms with Crippen LogP contribution >= 0.6 is 0 Å². The normalized spacial score (nSPS) is 31.9. The zero-order valence-corrected chi connectivity index (χ0v) is 11.7. The molecule has 0 radical (unpaired) electrons. The first-order chi connectivity index (χ1) is 8.74. The number of likely N-dealkylation sites (tertiary alicyclic amines) is 1. The largest absolute Gasteiger partial charge is 0.288 e. The van der Waals surface area contributed by atoms with Gasteiger partial charge in [0.1, 0.15) is 0 Å². The van der Waals surface area contributed by atoms with E-state index in [0.717, 1.165) is 12.1 Å². The fraction of sp³-hybridized carbons (Fsp3) is 0.647. The van der Waals surface area contributed by atoms with Gasteiger partial charge in [0.2, 0.25) is 0 Å². The second kappa shape index (κ2) is 4.70. The third kappa shape index (κ3) is 1.80. The number of rotatable bonds is 2. The van der Waals surface area contributed by atoms with Gasteiger partial charge in [-0.25, -0.2) is 0 Å². The average Bonchev–Trinajstić information content (AvgIpc) is 2.40. The lowest BCUT2D eigenvalue weighted by Crippen LogP contribution is -2.63. The van der Waals surface area contributed by atoms with Crippen LogP contribution in [0.2, 0.25) is 0 Å². The van der Waals surface area contributed by atoms with Gasteiger partial charge in [-0.1, -0.05) is 49.6 Å². The van der Waals surface area contributed by atoms with Crippen molar-refractivity contribution in [3.05, 3.63) is 35.9 Å². The van der Waals surface area contributed by atoms with E-state index in [-0.39, 0.29) is 0 Å². The summed E-state index contributed by atoms with van der Waals surface area (Å²) in [5.74, 6) is 0. The Morgan fingerprint density at radius 3 is 2.11 bits per heavy atom. The van der Waals surface area contributed by atoms with Gasteiger partial charge in [-0.15, -0.1) is 0 Å². The summed E-state index contributed by atoms with van der Waals surface area (Å²) in [6, 6.07) is 12.8. The molecule has 1 heteroatoms. The quantitative estimate of drug-likeness (QED) is 0.747. The van der Waals surface area contributed by atoms with Gasteiger partial charge >= 0.3 is 0 Å². The molecular formula is C17H25N. The fourth-order valence-corrected chi connectivity index (χ4v) is 4.44. The minimum atomic E-state index is 0.344. The van der Waals surface area contributed by atoms with Gasteiger partial charge < -0.3 is 0 Å². The molecule has 2 fully saturated rings. The molecule has 0 amide bonds. The molecule has 18 heavy (non-hydrogen) atoms. The molecule has 1 heterocycles. The van der Waals surface area contributed by atoms with Gasteiger partial charge in [-0.3, -0.25) is 4.90 Å². The number of benzene rings is 1. The zero-order chi connectivity index (χ0) is 12.6. The first kappa shape index (κ1) is 12.2. The van der Waals surface area contributed by atoms with E-state index in [9.17, 15) is 0 Å². The lowest BCUT2D eigenvalue weighted by atomic mass is 9.71. The van der Waals surface area contributed by atoms with Crippen LogP contribution in [-0.4, -0.2) is 17.0 Å². The lowest BCUT2D eigenvalue weighted by Gasteiger charge is -2.59. The summed E-state index contributed by atoms with van der Waals surface area (Å²) in [6.45, 7) is 4.80. The van der Waals surface area contributed by atoms with E-state index in [1.807, 2.05) is 0 Å². The summed E-state index contributed by atoms with van der Waals surface area (Å²) in [6.07, 6.45) is 8.28. The Morgan fingerprint density at radius 1 is 0.944 bits per heavy atom. The van der Waals surface area contributed by atoms with Gasteiger partial charge in [0.05, 0.1) is 0 Å². The molecule has 1 aromatic carbocycles. The van der Waals surface area contributed by atoms with Crippen molar-refractivity contribution in [1.82, 2.24) is 4.90 Å². The van der Waals surface area contributed by atoms with Gasteiger partial charge in [0.25, 0.3) is 0 Å². The smallest absolute Gasteiger partial charge is 0.0466 e. The van der Waals surface area contributed by atoms with E-state index in [2.05, 4.69) is 49.1 Å². The summed E-state index contributed by atoms with van der Waals surface area (Å²) in [5, 5.41) is 0. The number of hydrogen-bond acceptors (Lipinski definition) is 1. The molecule has 1 aromatic rings. The standard InChI is InChI=1S/C17H25N/c1-14-13-15(2)18(14)17(11-7-4-8-12-17)16-9-5-3-6-10-16/h3,5-6,9-10,14-15H,4,7-8,11-13H2,1-2H3. The van der Waals surface area contributed by atoms with Crippen LogP contribution in [-0.2, 0) is 5.54 Å². The Kier molecular flexibility index (Phi) is 3.19. The predicted molar refractivity (Wildman–Crippen MR) is 76.6 cm³/mol. The summed E-state index contributed by atoms with van der Waals surface area (Å²) >= 11 is 0. The Morgan fingerprint density at radius 2 is 1.56 bits per heavy atom. The molecule has 0 spiro atoms. The first-order valence-electron chi connectivity index (χ1n) is 7.58. The third-order valence-corrected chi connectivity index (χ3v) is 5.12. The van der Waals surface area contributed by atoms with Crippen molar-refractivity contribution >= 4 is 0 Å². The Bertz CT molecular complexity index is 383. The van der Waals surface area contributed by atoms with Crippen molar-refractivity contribution in [2.75, 3.05) is 0 Å². The SMILES string of the molecule is CC1CC(C)N1C1(c2ccccc2)CCCCC1. The van der Waals surface area contributed by atoms with Crippen LogP contribution in [0, 0.1) is 0 Å². The van der Waals surface area contributed by atoms with Crippen molar-refractivity contribution in [1.29, 1.82) is 0 Å². The van der Waals surface area contributed by atoms with E-state index < -0.39 is 0 Å². The number of hydrogen-bond donors (Lipinski definition) is 0. The predicted octanol–water partition coefficient (Wildman–Crippen LogP) is 4.33. The van der Waals surface area contributed by atoms with E-state index in [0.29, 0.717) is 5.54 Å². The van der Waals surface area contributed by atoms with E-state index in [1.54, 1.807) is 5.56 Å². The highest BCUT2D eigenvalue weighted by atomic mass is 15.3. The van der Waals surface area contributed by atoms with Crippen LogP contribution in [0.5, 0.6) is 0 Å². The van der Waals surface area contributed by atoms with E-state index in [4.69, 9.17) is 0 Å². The Balaban J connectivity index is 1.98. The third-order valence-electron chi connectivity index (χ3n) is 5.12. The average molecular weight is 243 g/mol. The minimum absolute atomic E-state index is 0.344. The van der Waals surface area contributed by atoms with Crippen LogP contribution in [0.25, 0.3) is 0 Å². The molecule has 1 aliphatic carbocycles. The molecule has 2 atom stereocenters. The molecule has 0 bridgehead atoms. The van der Waals surface area contributed by atoms with Crippen LogP contribution < -0.4 is 0 Å². The van der Waals surface area contributed by atoms with Gasteiger partial charge in [0.15, 0.2) is 0 Å². The van der Waals surface area contributed by atoms with Gasteiger partial charge in [0, 0.05) is 17.6 Å². The molecule has 1 saturated heterocycles. The van der Waals surface area contributed by atoms with Crippen molar-refractivity contribution < 1.29 is 0 Å². The van der Waals surface area contributed by atoms with Gasteiger partial charge in [-0.05, 0) is 38.7 Å². The van der Waals surface area contributed by atoms with Crippen LogP contribution in [0.3, 0.4) is 0 Å². The highest BCUT2D eigenvalue weighted by Gasteiger charge is 2.48. The van der Waals surface area contributed by atoms with E-state index in [1.165, 1.54) is 38.5 Å².